The zero-order valence-corrected chi connectivity index (χ0v) is 12.2. The summed E-state index contributed by atoms with van der Waals surface area (Å²) in [6, 6.07) is 5.70. The van der Waals surface area contributed by atoms with Gasteiger partial charge >= 0.3 is 6.18 Å². The Kier molecular flexibility index (Phi) is 6.17. The molecule has 0 aliphatic heterocycles. The van der Waals surface area contributed by atoms with Gasteiger partial charge in [0.25, 0.3) is 0 Å². The van der Waals surface area contributed by atoms with Gasteiger partial charge in [0.1, 0.15) is 5.75 Å². The first-order chi connectivity index (χ1) is 9.31. The summed E-state index contributed by atoms with van der Waals surface area (Å²) in [7, 11) is 0. The van der Waals surface area contributed by atoms with Crippen LogP contribution in [0.25, 0.3) is 0 Å². The Morgan fingerprint density at radius 2 is 2.00 bits per heavy atom. The largest absolute Gasteiger partial charge is 0.494 e. The van der Waals surface area contributed by atoms with Crippen LogP contribution < -0.4 is 10.1 Å². The minimum Gasteiger partial charge on any atom is -0.494 e. The Morgan fingerprint density at radius 1 is 1.30 bits per heavy atom. The highest BCUT2D eigenvalue weighted by atomic mass is 19.4. The molecule has 1 unspecified atom stereocenters. The van der Waals surface area contributed by atoms with Crippen molar-refractivity contribution in [2.45, 2.75) is 52.3 Å². The molecule has 1 N–H and O–H groups in total. The molecule has 0 amide bonds. The first kappa shape index (κ1) is 16.7. The molecule has 0 aliphatic carbocycles. The highest BCUT2D eigenvalue weighted by molar-refractivity contribution is 5.54. The standard InChI is InChI=1S/C15H22F3NO/c1-4-20-13-7-8-14(11(2)10-13)19-12(3)6-5-9-15(16,17)18/h7-8,10,12,19H,4-6,9H2,1-3H3. The van der Waals surface area contributed by atoms with Gasteiger partial charge in [0, 0.05) is 18.2 Å². The summed E-state index contributed by atoms with van der Waals surface area (Å²) in [4.78, 5) is 0. The molecule has 0 spiro atoms. The van der Waals surface area contributed by atoms with E-state index in [0.29, 0.717) is 13.0 Å². The van der Waals surface area contributed by atoms with Crippen LogP contribution in [0, 0.1) is 6.92 Å². The second kappa shape index (κ2) is 7.41. The van der Waals surface area contributed by atoms with Crippen molar-refractivity contribution in [3.8, 4) is 5.75 Å². The third-order valence-electron chi connectivity index (χ3n) is 3.01. The van der Waals surface area contributed by atoms with E-state index in [1.807, 2.05) is 39.0 Å². The second-order valence-corrected chi connectivity index (χ2v) is 4.96. The van der Waals surface area contributed by atoms with Crippen molar-refractivity contribution in [1.82, 2.24) is 0 Å². The Balaban J connectivity index is 2.47. The van der Waals surface area contributed by atoms with Crippen molar-refractivity contribution < 1.29 is 17.9 Å². The van der Waals surface area contributed by atoms with Gasteiger partial charge in [0.2, 0.25) is 0 Å². The first-order valence-corrected chi connectivity index (χ1v) is 6.88. The third-order valence-corrected chi connectivity index (χ3v) is 3.01. The van der Waals surface area contributed by atoms with E-state index in [1.165, 1.54) is 0 Å². The van der Waals surface area contributed by atoms with E-state index in [0.717, 1.165) is 17.0 Å². The average molecular weight is 289 g/mol. The molecule has 0 heterocycles. The average Bonchev–Trinajstić information content (AvgIpc) is 2.31. The molecule has 0 bridgehead atoms. The van der Waals surface area contributed by atoms with Crippen LogP contribution in [0.1, 0.15) is 38.7 Å². The van der Waals surface area contributed by atoms with Gasteiger partial charge in [-0.1, -0.05) is 0 Å². The summed E-state index contributed by atoms with van der Waals surface area (Å²) in [5.74, 6) is 0.806. The van der Waals surface area contributed by atoms with Gasteiger partial charge in [-0.3, -0.25) is 0 Å². The van der Waals surface area contributed by atoms with Gasteiger partial charge in [0.05, 0.1) is 6.61 Å². The van der Waals surface area contributed by atoms with Gasteiger partial charge in [-0.25, -0.2) is 0 Å². The SMILES string of the molecule is CCOc1ccc(NC(C)CCCC(F)(F)F)c(C)c1. The second-order valence-electron chi connectivity index (χ2n) is 4.96. The van der Waals surface area contributed by atoms with E-state index in [9.17, 15) is 13.2 Å². The lowest BCUT2D eigenvalue weighted by atomic mass is 10.1. The summed E-state index contributed by atoms with van der Waals surface area (Å²) < 4.78 is 41.6. The lowest BCUT2D eigenvalue weighted by molar-refractivity contribution is -0.135. The molecule has 0 radical (unpaired) electrons. The predicted octanol–water partition coefficient (Wildman–Crippen LogP) is 4.93. The summed E-state index contributed by atoms with van der Waals surface area (Å²) in [6.07, 6.45) is -4.14. The fraction of sp³-hybridized carbons (Fsp3) is 0.600. The van der Waals surface area contributed by atoms with Gasteiger partial charge < -0.3 is 10.1 Å². The third kappa shape index (κ3) is 6.17. The van der Waals surface area contributed by atoms with Crippen molar-refractivity contribution in [3.05, 3.63) is 23.8 Å². The molecule has 0 saturated carbocycles. The maximum absolute atomic E-state index is 12.1. The van der Waals surface area contributed by atoms with E-state index in [2.05, 4.69) is 5.32 Å². The molecule has 1 atom stereocenters. The van der Waals surface area contributed by atoms with Crippen LogP contribution in [0.5, 0.6) is 5.75 Å². The van der Waals surface area contributed by atoms with Crippen LogP contribution in [-0.4, -0.2) is 18.8 Å². The molecule has 1 aromatic rings. The van der Waals surface area contributed by atoms with Crippen molar-refractivity contribution in [3.63, 3.8) is 0 Å². The summed E-state index contributed by atoms with van der Waals surface area (Å²) in [5.41, 5.74) is 1.96. The fourth-order valence-corrected chi connectivity index (χ4v) is 2.00. The quantitative estimate of drug-likeness (QED) is 0.768. The Morgan fingerprint density at radius 3 is 2.55 bits per heavy atom. The van der Waals surface area contributed by atoms with E-state index in [-0.39, 0.29) is 12.5 Å². The van der Waals surface area contributed by atoms with E-state index in [1.54, 1.807) is 0 Å². The van der Waals surface area contributed by atoms with E-state index in [4.69, 9.17) is 4.74 Å². The number of hydrogen-bond donors (Lipinski definition) is 1. The number of alkyl halides is 3. The Bertz CT molecular complexity index is 418. The maximum atomic E-state index is 12.1. The highest BCUT2D eigenvalue weighted by Gasteiger charge is 2.26. The maximum Gasteiger partial charge on any atom is 0.389 e. The molecule has 2 nitrogen and oxygen atoms in total. The highest BCUT2D eigenvalue weighted by Crippen LogP contribution is 2.25. The molecule has 0 saturated heterocycles. The number of ether oxygens (including phenoxy) is 1. The molecule has 0 aromatic heterocycles. The summed E-state index contributed by atoms with van der Waals surface area (Å²) in [5, 5.41) is 3.24. The molecular weight excluding hydrogens is 267 g/mol. The molecule has 0 aliphatic rings. The van der Waals surface area contributed by atoms with E-state index < -0.39 is 12.6 Å². The van der Waals surface area contributed by atoms with Crippen LogP contribution in [0.2, 0.25) is 0 Å². The Hall–Kier alpha value is -1.39. The number of nitrogens with one attached hydrogen (secondary N) is 1. The Labute approximate surface area is 118 Å². The first-order valence-electron chi connectivity index (χ1n) is 6.88. The fourth-order valence-electron chi connectivity index (χ4n) is 2.00. The number of halogens is 3. The summed E-state index contributed by atoms with van der Waals surface area (Å²) >= 11 is 0. The molecule has 1 aromatic carbocycles. The zero-order chi connectivity index (χ0) is 15.2. The van der Waals surface area contributed by atoms with Crippen molar-refractivity contribution in [1.29, 1.82) is 0 Å². The number of rotatable bonds is 7. The van der Waals surface area contributed by atoms with Gasteiger partial charge in [-0.05, 0) is 57.4 Å². The minimum atomic E-state index is -4.06. The van der Waals surface area contributed by atoms with Crippen LogP contribution >= 0.6 is 0 Å². The van der Waals surface area contributed by atoms with Crippen LogP contribution in [0.4, 0.5) is 18.9 Å². The molecule has 114 valence electrons. The lowest BCUT2D eigenvalue weighted by Gasteiger charge is -2.18. The van der Waals surface area contributed by atoms with E-state index >= 15 is 0 Å². The summed E-state index contributed by atoms with van der Waals surface area (Å²) in [6.45, 7) is 6.38. The van der Waals surface area contributed by atoms with Crippen LogP contribution in [-0.2, 0) is 0 Å². The smallest absolute Gasteiger partial charge is 0.389 e. The lowest BCUT2D eigenvalue weighted by Crippen LogP contribution is -2.17. The number of aryl methyl sites for hydroxylation is 1. The van der Waals surface area contributed by atoms with Crippen molar-refractivity contribution >= 4 is 5.69 Å². The molecule has 1 rings (SSSR count). The van der Waals surface area contributed by atoms with Gasteiger partial charge in [0.15, 0.2) is 0 Å². The molecule has 20 heavy (non-hydrogen) atoms. The van der Waals surface area contributed by atoms with Gasteiger partial charge in [-0.15, -0.1) is 0 Å². The zero-order valence-electron chi connectivity index (χ0n) is 12.2. The molecular formula is C15H22F3NO. The number of anilines is 1. The molecule has 5 heteroatoms. The monoisotopic (exact) mass is 289 g/mol. The number of benzene rings is 1. The van der Waals surface area contributed by atoms with Gasteiger partial charge in [-0.2, -0.15) is 13.2 Å². The number of hydrogen-bond acceptors (Lipinski definition) is 2. The van der Waals surface area contributed by atoms with Crippen molar-refractivity contribution in [2.24, 2.45) is 0 Å². The van der Waals surface area contributed by atoms with Crippen LogP contribution in [0.3, 0.4) is 0 Å². The molecule has 0 fully saturated rings. The van der Waals surface area contributed by atoms with Crippen molar-refractivity contribution in [2.75, 3.05) is 11.9 Å². The van der Waals surface area contributed by atoms with Crippen LogP contribution in [0.15, 0.2) is 18.2 Å². The minimum absolute atomic E-state index is 0.00833. The predicted molar refractivity (Wildman–Crippen MR) is 75.3 cm³/mol. The normalized spacial score (nSPS) is 13.1. The topological polar surface area (TPSA) is 21.3 Å².